The number of cyclic esters (lactones) is 2. The number of carbonyl (C=O) groups is 2. The van der Waals surface area contributed by atoms with Crippen LogP contribution < -0.4 is 5.09 Å². The van der Waals surface area contributed by atoms with Gasteiger partial charge in [-0.05, 0) is 27.2 Å². The number of hydrogen-bond acceptors (Lipinski definition) is 8. The van der Waals surface area contributed by atoms with Gasteiger partial charge in [-0.2, -0.15) is 0 Å². The maximum absolute atomic E-state index is 13.6. The zero-order valence-electron chi connectivity index (χ0n) is 16.7. The van der Waals surface area contributed by atoms with Gasteiger partial charge in [0.15, 0.2) is 0 Å². The Morgan fingerprint density at radius 1 is 0.964 bits per heavy atom. The van der Waals surface area contributed by atoms with Crippen LogP contribution in [0.15, 0.2) is 0 Å². The van der Waals surface area contributed by atoms with Crippen molar-refractivity contribution in [2.24, 2.45) is 0 Å². The average Bonchev–Trinajstić information content (AvgIpc) is 3.28. The highest BCUT2D eigenvalue weighted by atomic mass is 31.2. The van der Waals surface area contributed by atoms with E-state index < -0.39 is 28.6 Å². The minimum Gasteiger partial charge on any atom is -0.447 e. The average molecular weight is 439 g/mol. The summed E-state index contributed by atoms with van der Waals surface area (Å²) in [5, 5.41) is 2.90. The second-order valence-electron chi connectivity index (χ2n) is 6.01. The van der Waals surface area contributed by atoms with Crippen LogP contribution in [0.4, 0.5) is 9.59 Å². The van der Waals surface area contributed by atoms with Gasteiger partial charge in [0, 0.05) is 32.4 Å². The van der Waals surface area contributed by atoms with E-state index in [1.54, 1.807) is 0 Å². The summed E-state index contributed by atoms with van der Waals surface area (Å²) in [6, 6.07) is 0.518. The number of ether oxygens (including phenoxy) is 2. The van der Waals surface area contributed by atoms with Gasteiger partial charge in [0.2, 0.25) is 0 Å². The SMILES string of the molecule is CCO[Si](CCCNP(=O)(N1CCOC1=O)N1CCOC1=O)(OCC)OCC. The van der Waals surface area contributed by atoms with Crippen LogP contribution in [-0.4, -0.2) is 83.0 Å². The summed E-state index contributed by atoms with van der Waals surface area (Å²) in [5.41, 5.74) is 0. The largest absolute Gasteiger partial charge is 0.500 e. The summed E-state index contributed by atoms with van der Waals surface area (Å²) in [6.07, 6.45) is -0.892. The van der Waals surface area contributed by atoms with Crippen LogP contribution in [0, 0.1) is 0 Å². The Hall–Kier alpha value is -1.17. The van der Waals surface area contributed by atoms with Crippen molar-refractivity contribution in [3.05, 3.63) is 0 Å². The Kier molecular flexibility index (Phi) is 8.72. The van der Waals surface area contributed by atoms with Crippen molar-refractivity contribution in [1.29, 1.82) is 0 Å². The number of carbonyl (C=O) groups excluding carboxylic acids is 2. The van der Waals surface area contributed by atoms with Gasteiger partial charge in [-0.3, -0.25) is 4.57 Å². The molecule has 11 nitrogen and oxygen atoms in total. The molecule has 13 heteroatoms. The molecule has 2 fully saturated rings. The zero-order valence-corrected chi connectivity index (χ0v) is 18.6. The second kappa shape index (κ2) is 10.6. The van der Waals surface area contributed by atoms with Crippen molar-refractivity contribution in [1.82, 2.24) is 14.4 Å². The van der Waals surface area contributed by atoms with Crippen molar-refractivity contribution in [3.63, 3.8) is 0 Å². The van der Waals surface area contributed by atoms with E-state index in [0.29, 0.717) is 32.3 Å². The van der Waals surface area contributed by atoms with Gasteiger partial charge < -0.3 is 22.8 Å². The zero-order chi connectivity index (χ0) is 20.6. The van der Waals surface area contributed by atoms with Gasteiger partial charge in [0.1, 0.15) is 13.2 Å². The lowest BCUT2D eigenvalue weighted by molar-refractivity contribution is 0.0708. The minimum atomic E-state index is -3.69. The fourth-order valence-electron chi connectivity index (χ4n) is 3.09. The third-order valence-electron chi connectivity index (χ3n) is 4.20. The van der Waals surface area contributed by atoms with Crippen molar-refractivity contribution >= 4 is 28.6 Å². The molecule has 2 amide bonds. The van der Waals surface area contributed by atoms with Crippen molar-refractivity contribution in [2.45, 2.75) is 33.2 Å². The molecule has 0 unspecified atom stereocenters. The molecule has 0 aliphatic carbocycles. The lowest BCUT2D eigenvalue weighted by atomic mass is 10.5. The normalized spacial score (nSPS) is 18.0. The fourth-order valence-corrected chi connectivity index (χ4v) is 8.02. The van der Waals surface area contributed by atoms with E-state index in [0.717, 1.165) is 9.34 Å². The summed E-state index contributed by atoms with van der Waals surface area (Å²) in [5.74, 6) is 0. The maximum atomic E-state index is 13.6. The molecule has 2 aliphatic heterocycles. The van der Waals surface area contributed by atoms with E-state index >= 15 is 0 Å². The van der Waals surface area contributed by atoms with Crippen LogP contribution in [0.3, 0.4) is 0 Å². The Morgan fingerprint density at radius 2 is 1.43 bits per heavy atom. The minimum absolute atomic E-state index is 0.127. The predicted molar refractivity (Wildman–Crippen MR) is 102 cm³/mol. The number of rotatable bonds is 13. The quantitative estimate of drug-likeness (QED) is 0.261. The van der Waals surface area contributed by atoms with Gasteiger partial charge in [-0.1, -0.05) is 0 Å². The summed E-state index contributed by atoms with van der Waals surface area (Å²) in [4.78, 5) is 24.0. The Morgan fingerprint density at radius 3 is 1.79 bits per heavy atom. The molecule has 0 saturated carbocycles. The lowest BCUT2D eigenvalue weighted by Gasteiger charge is -2.32. The highest BCUT2D eigenvalue weighted by molar-refractivity contribution is 7.58. The number of nitrogens with one attached hydrogen (secondary N) is 1. The molecular formula is C15H30N3O8PSi. The second-order valence-corrected chi connectivity index (χ2v) is 11.1. The van der Waals surface area contributed by atoms with Gasteiger partial charge in [-0.15, -0.1) is 0 Å². The van der Waals surface area contributed by atoms with Gasteiger partial charge >= 0.3 is 28.6 Å². The van der Waals surface area contributed by atoms with E-state index in [1.165, 1.54) is 0 Å². The molecule has 0 spiro atoms. The van der Waals surface area contributed by atoms with Crippen molar-refractivity contribution in [2.75, 3.05) is 52.7 Å². The van der Waals surface area contributed by atoms with Crippen LogP contribution in [0.1, 0.15) is 27.2 Å². The van der Waals surface area contributed by atoms with Crippen molar-refractivity contribution < 1.29 is 36.9 Å². The van der Waals surface area contributed by atoms with E-state index in [-0.39, 0.29) is 32.8 Å². The molecule has 162 valence electrons. The van der Waals surface area contributed by atoms with Gasteiger partial charge in [-0.25, -0.2) is 24.0 Å². The Bertz CT molecular complexity index is 549. The topological polar surface area (TPSA) is 116 Å². The smallest absolute Gasteiger partial charge is 0.447 e. The molecule has 0 aromatic heterocycles. The molecule has 0 atom stereocenters. The van der Waals surface area contributed by atoms with Crippen LogP contribution >= 0.6 is 7.59 Å². The lowest BCUT2D eigenvalue weighted by Crippen LogP contribution is -2.46. The Balaban J connectivity index is 2.03. The summed E-state index contributed by atoms with van der Waals surface area (Å²) < 4.78 is 43.0. The summed E-state index contributed by atoms with van der Waals surface area (Å²) in [6.45, 7) is 7.85. The maximum Gasteiger partial charge on any atom is 0.500 e. The molecule has 0 aromatic rings. The van der Waals surface area contributed by atoms with E-state index in [1.807, 2.05) is 20.8 Å². The van der Waals surface area contributed by atoms with Gasteiger partial charge in [0.05, 0.1) is 13.1 Å². The van der Waals surface area contributed by atoms with Crippen LogP contribution in [0.2, 0.25) is 6.04 Å². The summed E-state index contributed by atoms with van der Waals surface area (Å²) in [7, 11) is -6.52. The first-order valence-corrected chi connectivity index (χ1v) is 13.1. The number of amides is 2. The molecule has 2 aliphatic rings. The van der Waals surface area contributed by atoms with Crippen LogP contribution in [-0.2, 0) is 27.3 Å². The molecule has 0 radical (unpaired) electrons. The van der Waals surface area contributed by atoms with Crippen LogP contribution in [0.25, 0.3) is 0 Å². The Labute approximate surface area is 166 Å². The standard InChI is InChI=1S/C15H30N3O8PSi/c1-4-24-28(25-5-2,26-6-3)13-7-8-16-27(21,17-9-11-22-14(17)19)18-10-12-23-15(18)20/h4-13H2,1-3H3,(H,16,21). The predicted octanol–water partition coefficient (Wildman–Crippen LogP) is 2.03. The fraction of sp³-hybridized carbons (Fsp3) is 0.867. The number of nitrogens with zero attached hydrogens (tertiary/aromatic N) is 2. The van der Waals surface area contributed by atoms with Crippen LogP contribution in [0.5, 0.6) is 0 Å². The number of hydrogen-bond donors (Lipinski definition) is 1. The third kappa shape index (κ3) is 5.25. The van der Waals surface area contributed by atoms with Crippen molar-refractivity contribution in [3.8, 4) is 0 Å². The van der Waals surface area contributed by atoms with E-state index in [2.05, 4.69) is 5.09 Å². The monoisotopic (exact) mass is 439 g/mol. The molecular weight excluding hydrogens is 409 g/mol. The van der Waals surface area contributed by atoms with E-state index in [9.17, 15) is 14.2 Å². The first-order valence-electron chi connectivity index (χ1n) is 9.59. The molecule has 0 aromatic carbocycles. The molecule has 28 heavy (non-hydrogen) atoms. The first kappa shape index (κ1) is 23.1. The molecule has 0 bridgehead atoms. The first-order chi connectivity index (χ1) is 13.4. The summed E-state index contributed by atoms with van der Waals surface area (Å²) >= 11 is 0. The highest BCUT2D eigenvalue weighted by Gasteiger charge is 2.48. The molecule has 1 N–H and O–H groups in total. The third-order valence-corrected chi connectivity index (χ3v) is 10.0. The molecule has 2 rings (SSSR count). The van der Waals surface area contributed by atoms with Gasteiger partial charge in [0.25, 0.3) is 0 Å². The molecule has 2 heterocycles. The molecule has 2 saturated heterocycles. The highest BCUT2D eigenvalue weighted by Crippen LogP contribution is 2.52. The van der Waals surface area contributed by atoms with E-state index in [4.69, 9.17) is 22.8 Å².